The number of rotatable bonds is 4. The Balaban J connectivity index is 2.20. The van der Waals surface area contributed by atoms with Gasteiger partial charge in [-0.2, -0.15) is 16.3 Å². The summed E-state index contributed by atoms with van der Waals surface area (Å²) in [5.41, 5.74) is 7.82. The maximum absolute atomic E-state index is 5.92. The van der Waals surface area contributed by atoms with Crippen LogP contribution in [0.4, 0.5) is 11.5 Å². The molecule has 0 bridgehead atoms. The van der Waals surface area contributed by atoms with Gasteiger partial charge in [0.15, 0.2) is 5.82 Å². The summed E-state index contributed by atoms with van der Waals surface area (Å²) in [5.74, 6) is 1.32. The zero-order valence-electron chi connectivity index (χ0n) is 9.88. The molecule has 0 aromatic carbocycles. The molecule has 2 heterocycles. The van der Waals surface area contributed by atoms with Crippen molar-refractivity contribution in [1.29, 1.82) is 0 Å². The summed E-state index contributed by atoms with van der Waals surface area (Å²) in [4.78, 5) is 6.37. The van der Waals surface area contributed by atoms with Gasteiger partial charge in [0.2, 0.25) is 5.88 Å². The molecule has 5 heteroatoms. The predicted molar refractivity (Wildman–Crippen MR) is 71.6 cm³/mol. The molecular formula is C12H15N3OS. The lowest BCUT2D eigenvalue weighted by Crippen LogP contribution is -2.19. The minimum atomic E-state index is 0.575. The molecule has 0 spiro atoms. The number of hydrogen-bond acceptors (Lipinski definition) is 5. The summed E-state index contributed by atoms with van der Waals surface area (Å²) < 4.78 is 5.10. The van der Waals surface area contributed by atoms with Gasteiger partial charge in [-0.25, -0.2) is 0 Å². The Labute approximate surface area is 105 Å². The number of aromatic nitrogens is 1. The normalized spacial score (nSPS) is 10.2. The zero-order valence-corrected chi connectivity index (χ0v) is 10.7. The predicted octanol–water partition coefficient (Wildman–Crippen LogP) is 2.37. The van der Waals surface area contributed by atoms with Crippen molar-refractivity contribution in [1.82, 2.24) is 4.98 Å². The van der Waals surface area contributed by atoms with Gasteiger partial charge in [-0.1, -0.05) is 0 Å². The van der Waals surface area contributed by atoms with Crippen LogP contribution in [0.5, 0.6) is 5.88 Å². The maximum Gasteiger partial charge on any atom is 0.215 e. The Morgan fingerprint density at radius 1 is 1.41 bits per heavy atom. The van der Waals surface area contributed by atoms with E-state index < -0.39 is 0 Å². The summed E-state index contributed by atoms with van der Waals surface area (Å²) in [5, 5.41) is 4.18. The van der Waals surface area contributed by atoms with Gasteiger partial charge in [-0.05, 0) is 28.5 Å². The van der Waals surface area contributed by atoms with E-state index in [0.717, 1.165) is 12.4 Å². The van der Waals surface area contributed by atoms with Crippen LogP contribution in [0, 0.1) is 0 Å². The standard InChI is InChI=1S/C12H15N3OS/c1-15(7-9-5-6-17-8-9)12-10(13)3-4-11(14-12)16-2/h3-6,8H,7,13H2,1-2H3. The minimum absolute atomic E-state index is 0.575. The second-order valence-corrected chi connectivity index (χ2v) is 4.53. The Kier molecular flexibility index (Phi) is 3.49. The van der Waals surface area contributed by atoms with Crippen molar-refractivity contribution >= 4 is 22.8 Å². The van der Waals surface area contributed by atoms with Crippen molar-refractivity contribution < 1.29 is 4.74 Å². The third-order valence-corrected chi connectivity index (χ3v) is 3.18. The molecule has 0 saturated carbocycles. The van der Waals surface area contributed by atoms with Gasteiger partial charge in [0.25, 0.3) is 0 Å². The molecule has 0 radical (unpaired) electrons. The third-order valence-electron chi connectivity index (χ3n) is 2.45. The van der Waals surface area contributed by atoms with Crippen molar-refractivity contribution in [2.45, 2.75) is 6.54 Å². The number of ether oxygens (including phenoxy) is 1. The first-order valence-electron chi connectivity index (χ1n) is 5.23. The highest BCUT2D eigenvalue weighted by Crippen LogP contribution is 2.24. The summed E-state index contributed by atoms with van der Waals surface area (Å²) in [6.07, 6.45) is 0. The van der Waals surface area contributed by atoms with Crippen LogP contribution in [0.2, 0.25) is 0 Å². The number of nitrogens with two attached hydrogens (primary N) is 1. The molecule has 90 valence electrons. The fraction of sp³-hybridized carbons (Fsp3) is 0.250. The highest BCUT2D eigenvalue weighted by Gasteiger charge is 2.09. The van der Waals surface area contributed by atoms with Crippen LogP contribution >= 0.6 is 11.3 Å². The molecule has 2 aromatic heterocycles. The number of pyridine rings is 1. The van der Waals surface area contributed by atoms with Gasteiger partial charge in [0.1, 0.15) is 0 Å². The Morgan fingerprint density at radius 2 is 2.24 bits per heavy atom. The molecule has 17 heavy (non-hydrogen) atoms. The summed E-state index contributed by atoms with van der Waals surface area (Å²) >= 11 is 1.69. The molecule has 0 saturated heterocycles. The molecule has 2 N–H and O–H groups in total. The molecule has 0 fully saturated rings. The highest BCUT2D eigenvalue weighted by atomic mass is 32.1. The first-order valence-corrected chi connectivity index (χ1v) is 6.17. The van der Waals surface area contributed by atoms with Crippen LogP contribution in [-0.2, 0) is 6.54 Å². The van der Waals surface area contributed by atoms with Crippen molar-refractivity contribution in [3.8, 4) is 5.88 Å². The number of methoxy groups -OCH3 is 1. The molecule has 0 amide bonds. The van der Waals surface area contributed by atoms with Gasteiger partial charge < -0.3 is 15.4 Å². The SMILES string of the molecule is COc1ccc(N)c(N(C)Cc2ccsc2)n1. The molecule has 4 nitrogen and oxygen atoms in total. The van der Waals surface area contributed by atoms with Gasteiger partial charge in [-0.3, -0.25) is 0 Å². The van der Waals surface area contributed by atoms with Crippen LogP contribution in [-0.4, -0.2) is 19.1 Å². The lowest BCUT2D eigenvalue weighted by atomic mass is 10.3. The largest absolute Gasteiger partial charge is 0.481 e. The fourth-order valence-corrected chi connectivity index (χ4v) is 2.25. The molecular weight excluding hydrogens is 234 g/mol. The monoisotopic (exact) mass is 249 g/mol. The van der Waals surface area contributed by atoms with E-state index in [1.54, 1.807) is 24.5 Å². The topological polar surface area (TPSA) is 51.4 Å². The van der Waals surface area contributed by atoms with Crippen LogP contribution in [0.25, 0.3) is 0 Å². The lowest BCUT2D eigenvalue weighted by Gasteiger charge is -2.19. The van der Waals surface area contributed by atoms with E-state index in [1.165, 1.54) is 5.56 Å². The fourth-order valence-electron chi connectivity index (χ4n) is 1.59. The third kappa shape index (κ3) is 2.68. The molecule has 0 aliphatic rings. The van der Waals surface area contributed by atoms with Gasteiger partial charge >= 0.3 is 0 Å². The molecule has 0 aliphatic heterocycles. The molecule has 2 aromatic rings. The van der Waals surface area contributed by atoms with E-state index in [4.69, 9.17) is 10.5 Å². The number of nitrogens with zero attached hydrogens (tertiary/aromatic N) is 2. The van der Waals surface area contributed by atoms with E-state index in [1.807, 2.05) is 18.0 Å². The van der Waals surface area contributed by atoms with Crippen LogP contribution < -0.4 is 15.4 Å². The Morgan fingerprint density at radius 3 is 2.88 bits per heavy atom. The van der Waals surface area contributed by atoms with Crippen LogP contribution in [0.1, 0.15) is 5.56 Å². The van der Waals surface area contributed by atoms with E-state index in [-0.39, 0.29) is 0 Å². The summed E-state index contributed by atoms with van der Waals surface area (Å²) in [7, 11) is 3.57. The van der Waals surface area contributed by atoms with E-state index in [0.29, 0.717) is 11.6 Å². The molecule has 0 atom stereocenters. The van der Waals surface area contributed by atoms with Crippen molar-refractivity contribution in [3.05, 3.63) is 34.5 Å². The van der Waals surface area contributed by atoms with E-state index in [9.17, 15) is 0 Å². The number of anilines is 2. The average molecular weight is 249 g/mol. The number of nitrogen functional groups attached to an aromatic ring is 1. The Bertz CT molecular complexity index is 485. The van der Waals surface area contributed by atoms with Crippen molar-refractivity contribution in [3.63, 3.8) is 0 Å². The average Bonchev–Trinajstić information content (AvgIpc) is 2.82. The number of thiophene rings is 1. The lowest BCUT2D eigenvalue weighted by molar-refractivity contribution is 0.398. The number of hydrogen-bond donors (Lipinski definition) is 1. The molecule has 2 rings (SSSR count). The first kappa shape index (κ1) is 11.7. The van der Waals surface area contributed by atoms with Gasteiger partial charge in [-0.15, -0.1) is 0 Å². The van der Waals surface area contributed by atoms with E-state index >= 15 is 0 Å². The summed E-state index contributed by atoms with van der Waals surface area (Å²) in [6.45, 7) is 0.786. The van der Waals surface area contributed by atoms with Crippen molar-refractivity contribution in [2.75, 3.05) is 24.8 Å². The molecule has 0 aliphatic carbocycles. The maximum atomic E-state index is 5.92. The Hall–Kier alpha value is -1.75. The zero-order chi connectivity index (χ0) is 12.3. The van der Waals surface area contributed by atoms with E-state index in [2.05, 4.69) is 21.8 Å². The summed E-state index contributed by atoms with van der Waals surface area (Å²) in [6, 6.07) is 5.67. The van der Waals surface area contributed by atoms with Crippen LogP contribution in [0.15, 0.2) is 29.0 Å². The smallest absolute Gasteiger partial charge is 0.215 e. The quantitative estimate of drug-likeness (QED) is 0.903. The molecule has 0 unspecified atom stereocenters. The second-order valence-electron chi connectivity index (χ2n) is 3.75. The minimum Gasteiger partial charge on any atom is -0.481 e. The van der Waals surface area contributed by atoms with Crippen molar-refractivity contribution in [2.24, 2.45) is 0 Å². The first-order chi connectivity index (χ1) is 8.20. The van der Waals surface area contributed by atoms with Gasteiger partial charge in [0, 0.05) is 19.7 Å². The van der Waals surface area contributed by atoms with Crippen LogP contribution in [0.3, 0.4) is 0 Å². The highest BCUT2D eigenvalue weighted by molar-refractivity contribution is 7.07. The van der Waals surface area contributed by atoms with Gasteiger partial charge in [0.05, 0.1) is 12.8 Å². The second kappa shape index (κ2) is 5.05.